The summed E-state index contributed by atoms with van der Waals surface area (Å²) in [5, 5.41) is 7.79. The molecular formula is C23H19N3O5S. The van der Waals surface area contributed by atoms with Gasteiger partial charge in [-0.3, -0.25) is 4.79 Å². The van der Waals surface area contributed by atoms with E-state index in [-0.39, 0.29) is 22.9 Å². The van der Waals surface area contributed by atoms with Gasteiger partial charge < -0.3 is 9.73 Å². The van der Waals surface area contributed by atoms with Crippen LogP contribution in [0.3, 0.4) is 0 Å². The Balaban J connectivity index is 1.61. The van der Waals surface area contributed by atoms with Crippen molar-refractivity contribution in [3.05, 3.63) is 86.9 Å². The molecule has 3 heterocycles. The maximum atomic E-state index is 13.1. The summed E-state index contributed by atoms with van der Waals surface area (Å²) in [5.74, 6) is -0.875. The van der Waals surface area contributed by atoms with Crippen LogP contribution in [0.25, 0.3) is 16.7 Å². The van der Waals surface area contributed by atoms with E-state index in [9.17, 15) is 18.0 Å². The summed E-state index contributed by atoms with van der Waals surface area (Å²) >= 11 is 0. The van der Waals surface area contributed by atoms with E-state index >= 15 is 0 Å². The topological polar surface area (TPSA) is 111 Å². The molecule has 1 N–H and O–H groups in total. The highest BCUT2D eigenvalue weighted by atomic mass is 32.2. The number of sulfone groups is 1. The number of nitrogens with one attached hydrogen (secondary N) is 1. The third kappa shape index (κ3) is 3.40. The van der Waals surface area contributed by atoms with Crippen LogP contribution in [0.5, 0.6) is 0 Å². The number of carbonyl (C=O) groups is 1. The molecule has 9 heteroatoms. The van der Waals surface area contributed by atoms with Gasteiger partial charge in [-0.15, -0.1) is 0 Å². The SMILES string of the molecule is Cc1ccc(-n2nc3c(c2NC(=O)c2cc4ccccc4oc2=O)CS(=O)(=O)C3)cc1C. The van der Waals surface area contributed by atoms with Gasteiger partial charge in [-0.25, -0.2) is 17.9 Å². The molecular weight excluding hydrogens is 430 g/mol. The van der Waals surface area contributed by atoms with Crippen LogP contribution in [-0.4, -0.2) is 24.1 Å². The third-order valence-corrected chi connectivity index (χ3v) is 7.08. The Hall–Kier alpha value is -3.72. The number of hydrogen-bond acceptors (Lipinski definition) is 6. The highest BCUT2D eigenvalue weighted by Crippen LogP contribution is 2.33. The fraction of sp³-hybridized carbons (Fsp3) is 0.174. The van der Waals surface area contributed by atoms with Crippen molar-refractivity contribution in [1.29, 1.82) is 0 Å². The zero-order valence-corrected chi connectivity index (χ0v) is 18.2. The number of aromatic nitrogens is 2. The van der Waals surface area contributed by atoms with Crippen LogP contribution in [-0.2, 0) is 21.3 Å². The average Bonchev–Trinajstić information content (AvgIpc) is 3.21. The number of hydrogen-bond donors (Lipinski definition) is 1. The van der Waals surface area contributed by atoms with Crippen LogP contribution in [0.4, 0.5) is 5.82 Å². The molecule has 0 spiro atoms. The van der Waals surface area contributed by atoms with Crippen molar-refractivity contribution in [2.24, 2.45) is 0 Å². The maximum Gasteiger partial charge on any atom is 0.349 e. The second-order valence-corrected chi connectivity index (χ2v) is 9.99. The van der Waals surface area contributed by atoms with E-state index in [4.69, 9.17) is 4.42 Å². The molecule has 4 aromatic rings. The minimum absolute atomic E-state index is 0.175. The number of benzene rings is 2. The molecule has 1 aliphatic rings. The predicted octanol–water partition coefficient (Wildman–Crippen LogP) is 3.28. The molecule has 8 nitrogen and oxygen atoms in total. The lowest BCUT2D eigenvalue weighted by Gasteiger charge is -2.12. The summed E-state index contributed by atoms with van der Waals surface area (Å²) in [4.78, 5) is 25.5. The Morgan fingerprint density at radius 2 is 1.84 bits per heavy atom. The lowest BCUT2D eigenvalue weighted by atomic mass is 10.1. The van der Waals surface area contributed by atoms with Crippen molar-refractivity contribution < 1.29 is 17.6 Å². The summed E-state index contributed by atoms with van der Waals surface area (Å²) < 4.78 is 31.1. The van der Waals surface area contributed by atoms with E-state index in [0.717, 1.165) is 11.1 Å². The number of anilines is 1. The first-order valence-electron chi connectivity index (χ1n) is 9.95. The van der Waals surface area contributed by atoms with Gasteiger partial charge in [0.2, 0.25) is 0 Å². The standard InChI is InChI=1S/C23H19N3O5S/c1-13-7-8-16(9-14(13)2)26-21(18-11-32(29,30)12-19(18)25-26)24-22(27)17-10-15-5-3-4-6-20(15)31-23(17)28/h3-10H,11-12H2,1-2H3,(H,24,27). The van der Waals surface area contributed by atoms with Gasteiger partial charge in [0, 0.05) is 10.9 Å². The molecule has 1 amide bonds. The summed E-state index contributed by atoms with van der Waals surface area (Å²) in [5.41, 5.74) is 3.05. The predicted molar refractivity (Wildman–Crippen MR) is 120 cm³/mol. The molecule has 2 aromatic heterocycles. The van der Waals surface area contributed by atoms with E-state index < -0.39 is 21.4 Å². The molecule has 32 heavy (non-hydrogen) atoms. The number of para-hydroxylation sites is 1. The first-order chi connectivity index (χ1) is 15.2. The molecule has 0 saturated heterocycles. The van der Waals surface area contributed by atoms with Gasteiger partial charge in [0.25, 0.3) is 5.91 Å². The van der Waals surface area contributed by atoms with Crippen molar-refractivity contribution >= 4 is 32.5 Å². The van der Waals surface area contributed by atoms with Crippen molar-refractivity contribution in [1.82, 2.24) is 9.78 Å². The maximum absolute atomic E-state index is 13.1. The number of amides is 1. The van der Waals surface area contributed by atoms with E-state index in [1.165, 1.54) is 10.7 Å². The highest BCUT2D eigenvalue weighted by molar-refractivity contribution is 7.90. The Kier molecular flexibility index (Phi) is 4.52. The summed E-state index contributed by atoms with van der Waals surface area (Å²) in [6, 6.07) is 14.0. The van der Waals surface area contributed by atoms with Crippen LogP contribution >= 0.6 is 0 Å². The largest absolute Gasteiger partial charge is 0.422 e. The average molecular weight is 449 g/mol. The Labute approximate surface area is 183 Å². The second kappa shape index (κ2) is 7.16. The van der Waals surface area contributed by atoms with Gasteiger partial charge >= 0.3 is 5.63 Å². The van der Waals surface area contributed by atoms with Gasteiger partial charge in [0.1, 0.15) is 17.0 Å². The monoisotopic (exact) mass is 449 g/mol. The third-order valence-electron chi connectivity index (χ3n) is 5.64. The van der Waals surface area contributed by atoms with Gasteiger partial charge in [0.15, 0.2) is 9.84 Å². The molecule has 5 rings (SSSR count). The van der Waals surface area contributed by atoms with Crippen LogP contribution in [0.1, 0.15) is 32.7 Å². The van der Waals surface area contributed by atoms with Crippen molar-refractivity contribution in [3.8, 4) is 5.69 Å². The van der Waals surface area contributed by atoms with Crippen molar-refractivity contribution in [2.75, 3.05) is 5.32 Å². The lowest BCUT2D eigenvalue weighted by molar-refractivity contribution is 0.102. The lowest BCUT2D eigenvalue weighted by Crippen LogP contribution is -2.23. The normalized spacial score (nSPS) is 14.4. The van der Waals surface area contributed by atoms with Crippen LogP contribution in [0.15, 0.2) is 57.7 Å². The summed E-state index contributed by atoms with van der Waals surface area (Å²) in [6.07, 6.45) is 0. The number of fused-ring (bicyclic) bond motifs is 2. The van der Waals surface area contributed by atoms with Gasteiger partial charge in [-0.1, -0.05) is 24.3 Å². The van der Waals surface area contributed by atoms with Crippen LogP contribution in [0.2, 0.25) is 0 Å². The van der Waals surface area contributed by atoms with Crippen LogP contribution < -0.4 is 10.9 Å². The fourth-order valence-electron chi connectivity index (χ4n) is 3.81. The Morgan fingerprint density at radius 3 is 2.62 bits per heavy atom. The van der Waals surface area contributed by atoms with Gasteiger partial charge in [0.05, 0.1) is 22.9 Å². The zero-order chi connectivity index (χ0) is 22.6. The number of rotatable bonds is 3. The second-order valence-electron chi connectivity index (χ2n) is 7.93. The number of aryl methyl sites for hydroxylation is 2. The molecule has 1 aliphatic heterocycles. The Bertz CT molecular complexity index is 1580. The first kappa shape index (κ1) is 20.2. The summed E-state index contributed by atoms with van der Waals surface area (Å²) in [6.45, 7) is 3.94. The highest BCUT2D eigenvalue weighted by Gasteiger charge is 2.33. The molecule has 0 saturated carbocycles. The van der Waals surface area contributed by atoms with Gasteiger partial charge in [-0.05, 0) is 49.2 Å². The number of nitrogens with zero attached hydrogens (tertiary/aromatic N) is 2. The molecule has 0 atom stereocenters. The van der Waals surface area contributed by atoms with E-state index in [1.54, 1.807) is 24.3 Å². The van der Waals surface area contributed by atoms with E-state index in [0.29, 0.717) is 27.9 Å². The first-order valence-corrected chi connectivity index (χ1v) is 11.8. The molecule has 0 radical (unpaired) electrons. The molecule has 0 bridgehead atoms. The van der Waals surface area contributed by atoms with E-state index in [2.05, 4.69) is 10.4 Å². The van der Waals surface area contributed by atoms with Crippen molar-refractivity contribution in [3.63, 3.8) is 0 Å². The van der Waals surface area contributed by atoms with Crippen LogP contribution in [0, 0.1) is 13.8 Å². The molecule has 162 valence electrons. The van der Waals surface area contributed by atoms with Gasteiger partial charge in [-0.2, -0.15) is 5.10 Å². The smallest absolute Gasteiger partial charge is 0.349 e. The fourth-order valence-corrected chi connectivity index (χ4v) is 5.30. The minimum Gasteiger partial charge on any atom is -0.422 e. The number of carbonyl (C=O) groups excluding carboxylic acids is 1. The quantitative estimate of drug-likeness (QED) is 0.481. The minimum atomic E-state index is -3.34. The summed E-state index contributed by atoms with van der Waals surface area (Å²) in [7, 11) is -3.34. The molecule has 2 aromatic carbocycles. The molecule has 0 unspecified atom stereocenters. The van der Waals surface area contributed by atoms with E-state index in [1.807, 2.05) is 32.0 Å². The zero-order valence-electron chi connectivity index (χ0n) is 17.4. The molecule has 0 fully saturated rings. The van der Waals surface area contributed by atoms with Crippen molar-refractivity contribution in [2.45, 2.75) is 25.4 Å². The Morgan fingerprint density at radius 1 is 1.06 bits per heavy atom. The molecule has 0 aliphatic carbocycles.